The number of hydrogen-bond donors (Lipinski definition) is 1. The van der Waals surface area contributed by atoms with Gasteiger partial charge in [0.2, 0.25) is 0 Å². The maximum atomic E-state index is 13.2. The van der Waals surface area contributed by atoms with Crippen LogP contribution in [0.2, 0.25) is 0 Å². The molecule has 1 N–H and O–H groups in total. The van der Waals surface area contributed by atoms with Gasteiger partial charge in [0.15, 0.2) is 0 Å². The van der Waals surface area contributed by atoms with Gasteiger partial charge in [-0.1, -0.05) is 43.2 Å². The molecule has 1 aliphatic heterocycles. The molecule has 1 aliphatic carbocycles. The van der Waals surface area contributed by atoms with Crippen LogP contribution in [0.3, 0.4) is 0 Å². The van der Waals surface area contributed by atoms with Crippen molar-refractivity contribution < 1.29 is 9.50 Å². The van der Waals surface area contributed by atoms with E-state index in [0.717, 1.165) is 37.2 Å². The first-order valence-corrected chi connectivity index (χ1v) is 8.84. The average molecular weight is 326 g/mol. The van der Waals surface area contributed by atoms with E-state index in [4.69, 9.17) is 0 Å². The van der Waals surface area contributed by atoms with Crippen LogP contribution in [-0.2, 0) is 5.60 Å². The number of pyridine rings is 1. The van der Waals surface area contributed by atoms with Crippen LogP contribution in [0.15, 0.2) is 48.7 Å². The van der Waals surface area contributed by atoms with Crippen molar-refractivity contribution in [1.82, 2.24) is 4.98 Å². The predicted octanol–water partition coefficient (Wildman–Crippen LogP) is 3.88. The Balaban J connectivity index is 1.68. The minimum atomic E-state index is -0.775. The standard InChI is InChI=1S/C20H23FN2O/c21-16-10-11-19(22-14-16)23-13-12-20(24,15-6-2-1-3-7-15)17-8-4-5-9-18(17)23/h1-3,6-7,10-11,14,17-18,24H,4-5,8-9,12-13H2. The van der Waals surface area contributed by atoms with Crippen LogP contribution in [0.25, 0.3) is 0 Å². The van der Waals surface area contributed by atoms with Gasteiger partial charge in [-0.2, -0.15) is 0 Å². The quantitative estimate of drug-likeness (QED) is 0.910. The molecule has 1 saturated carbocycles. The molecule has 3 unspecified atom stereocenters. The van der Waals surface area contributed by atoms with Crippen LogP contribution in [0, 0.1) is 11.7 Å². The molecule has 3 nitrogen and oxygen atoms in total. The fraction of sp³-hybridized carbons (Fsp3) is 0.450. The van der Waals surface area contributed by atoms with Gasteiger partial charge in [0.25, 0.3) is 0 Å². The van der Waals surface area contributed by atoms with Gasteiger partial charge in [-0.05, 0) is 37.0 Å². The van der Waals surface area contributed by atoms with E-state index in [0.29, 0.717) is 6.42 Å². The predicted molar refractivity (Wildman–Crippen MR) is 92.2 cm³/mol. The van der Waals surface area contributed by atoms with Crippen LogP contribution in [0.4, 0.5) is 10.2 Å². The Kier molecular flexibility index (Phi) is 4.01. The Morgan fingerprint density at radius 2 is 1.88 bits per heavy atom. The van der Waals surface area contributed by atoms with Crippen molar-refractivity contribution in [2.75, 3.05) is 11.4 Å². The zero-order valence-electron chi connectivity index (χ0n) is 13.7. The number of benzene rings is 1. The van der Waals surface area contributed by atoms with Gasteiger partial charge in [-0.3, -0.25) is 0 Å². The summed E-state index contributed by atoms with van der Waals surface area (Å²) in [7, 11) is 0. The van der Waals surface area contributed by atoms with E-state index in [9.17, 15) is 9.50 Å². The number of nitrogens with zero attached hydrogens (tertiary/aromatic N) is 2. The molecule has 3 atom stereocenters. The SMILES string of the molecule is OC1(c2ccccc2)CCN(c2ccc(F)cn2)C2CCCCC21. The number of aromatic nitrogens is 1. The van der Waals surface area contributed by atoms with E-state index in [1.807, 2.05) is 30.3 Å². The minimum absolute atomic E-state index is 0.189. The second-order valence-corrected chi connectivity index (χ2v) is 7.03. The Labute approximate surface area is 142 Å². The van der Waals surface area contributed by atoms with Gasteiger partial charge < -0.3 is 10.0 Å². The molecule has 4 heteroatoms. The summed E-state index contributed by atoms with van der Waals surface area (Å²) in [6.45, 7) is 0.741. The van der Waals surface area contributed by atoms with Crippen LogP contribution in [0.1, 0.15) is 37.7 Å². The molecular weight excluding hydrogens is 303 g/mol. The topological polar surface area (TPSA) is 36.4 Å². The van der Waals surface area contributed by atoms with E-state index in [1.165, 1.54) is 18.7 Å². The molecular formula is C20H23FN2O. The summed E-state index contributed by atoms with van der Waals surface area (Å²) in [5.41, 5.74) is 0.247. The van der Waals surface area contributed by atoms with Crippen LogP contribution in [0.5, 0.6) is 0 Å². The molecule has 1 aromatic carbocycles. The number of piperidine rings is 1. The summed E-state index contributed by atoms with van der Waals surface area (Å²) in [4.78, 5) is 6.56. The highest BCUT2D eigenvalue weighted by atomic mass is 19.1. The number of hydrogen-bond acceptors (Lipinski definition) is 3. The van der Waals surface area contributed by atoms with Crippen LogP contribution >= 0.6 is 0 Å². The molecule has 0 amide bonds. The van der Waals surface area contributed by atoms with Crippen molar-refractivity contribution in [3.63, 3.8) is 0 Å². The van der Waals surface area contributed by atoms with Crippen LogP contribution < -0.4 is 4.90 Å². The largest absolute Gasteiger partial charge is 0.385 e. The third-order valence-electron chi connectivity index (χ3n) is 5.76. The molecule has 4 rings (SSSR count). The van der Waals surface area contributed by atoms with Gasteiger partial charge in [0, 0.05) is 18.5 Å². The highest BCUT2D eigenvalue weighted by molar-refractivity contribution is 5.42. The van der Waals surface area contributed by atoms with E-state index in [2.05, 4.69) is 9.88 Å². The van der Waals surface area contributed by atoms with Crippen molar-refractivity contribution in [2.24, 2.45) is 5.92 Å². The van der Waals surface area contributed by atoms with Gasteiger partial charge in [0.05, 0.1) is 11.8 Å². The van der Waals surface area contributed by atoms with Gasteiger partial charge in [0.1, 0.15) is 11.6 Å². The monoisotopic (exact) mass is 326 g/mol. The number of aliphatic hydroxyl groups is 1. The van der Waals surface area contributed by atoms with Crippen LogP contribution in [-0.4, -0.2) is 22.7 Å². The lowest BCUT2D eigenvalue weighted by Gasteiger charge is -2.53. The lowest BCUT2D eigenvalue weighted by molar-refractivity contribution is -0.0690. The summed E-state index contributed by atoms with van der Waals surface area (Å²) < 4.78 is 13.2. The minimum Gasteiger partial charge on any atom is -0.385 e. The third-order valence-corrected chi connectivity index (χ3v) is 5.76. The molecule has 24 heavy (non-hydrogen) atoms. The normalized spacial score (nSPS) is 30.0. The maximum Gasteiger partial charge on any atom is 0.141 e. The number of fused-ring (bicyclic) bond motifs is 1. The van der Waals surface area contributed by atoms with Crippen molar-refractivity contribution in [3.05, 3.63) is 60.0 Å². The second-order valence-electron chi connectivity index (χ2n) is 7.03. The molecule has 2 aromatic rings. The van der Waals surface area contributed by atoms with E-state index >= 15 is 0 Å². The fourth-order valence-corrected chi connectivity index (χ4v) is 4.59. The van der Waals surface area contributed by atoms with E-state index < -0.39 is 5.60 Å². The molecule has 2 aliphatic rings. The highest BCUT2D eigenvalue weighted by Gasteiger charge is 2.49. The Morgan fingerprint density at radius 3 is 2.62 bits per heavy atom. The molecule has 0 radical (unpaired) electrons. The van der Waals surface area contributed by atoms with Gasteiger partial charge in [-0.15, -0.1) is 0 Å². The maximum absolute atomic E-state index is 13.2. The summed E-state index contributed by atoms with van der Waals surface area (Å²) in [6, 6.07) is 13.6. The Bertz CT molecular complexity index is 691. The van der Waals surface area contributed by atoms with Crippen molar-refractivity contribution in [3.8, 4) is 0 Å². The number of anilines is 1. The van der Waals surface area contributed by atoms with Gasteiger partial charge in [-0.25, -0.2) is 9.37 Å². The second kappa shape index (κ2) is 6.17. The first-order chi connectivity index (χ1) is 11.7. The van der Waals surface area contributed by atoms with Crippen molar-refractivity contribution >= 4 is 5.82 Å². The Hall–Kier alpha value is -1.94. The average Bonchev–Trinajstić information content (AvgIpc) is 2.64. The fourth-order valence-electron chi connectivity index (χ4n) is 4.59. The summed E-state index contributed by atoms with van der Waals surface area (Å²) in [5.74, 6) is 0.703. The Morgan fingerprint density at radius 1 is 1.08 bits per heavy atom. The summed E-state index contributed by atoms with van der Waals surface area (Å²) in [5, 5.41) is 11.5. The summed E-state index contributed by atoms with van der Waals surface area (Å²) in [6.07, 6.45) is 6.36. The molecule has 0 spiro atoms. The molecule has 1 saturated heterocycles. The molecule has 2 fully saturated rings. The zero-order chi connectivity index (χ0) is 16.6. The number of halogens is 1. The first-order valence-electron chi connectivity index (χ1n) is 8.84. The van der Waals surface area contributed by atoms with Crippen molar-refractivity contribution in [2.45, 2.75) is 43.7 Å². The zero-order valence-corrected chi connectivity index (χ0v) is 13.7. The lowest BCUT2D eigenvalue weighted by atomic mass is 9.66. The molecule has 1 aromatic heterocycles. The summed E-state index contributed by atoms with van der Waals surface area (Å²) >= 11 is 0. The molecule has 2 heterocycles. The smallest absolute Gasteiger partial charge is 0.141 e. The van der Waals surface area contributed by atoms with Crippen molar-refractivity contribution in [1.29, 1.82) is 0 Å². The van der Waals surface area contributed by atoms with Gasteiger partial charge >= 0.3 is 0 Å². The highest BCUT2D eigenvalue weighted by Crippen LogP contribution is 2.47. The lowest BCUT2D eigenvalue weighted by Crippen LogP contribution is -2.57. The van der Waals surface area contributed by atoms with E-state index in [1.54, 1.807) is 6.07 Å². The molecule has 126 valence electrons. The van der Waals surface area contributed by atoms with E-state index in [-0.39, 0.29) is 17.8 Å². The number of rotatable bonds is 2. The third kappa shape index (κ3) is 2.59. The first kappa shape index (κ1) is 15.6. The molecule has 0 bridgehead atoms.